The maximum atomic E-state index is 11.7. The summed E-state index contributed by atoms with van der Waals surface area (Å²) in [5, 5.41) is 15.9. The van der Waals surface area contributed by atoms with Crippen LogP contribution in [-0.2, 0) is 6.54 Å². The molecule has 0 aliphatic carbocycles. The number of anilines is 3. The molecule has 1 aliphatic rings. The molecule has 3 aromatic rings. The number of carbonyl (C=O) groups is 1. The van der Waals surface area contributed by atoms with E-state index in [9.17, 15) is 9.90 Å². The Labute approximate surface area is 203 Å². The lowest BCUT2D eigenvalue weighted by molar-refractivity contribution is 0.0692. The lowest BCUT2D eigenvalue weighted by atomic mass is 10.1. The summed E-state index contributed by atoms with van der Waals surface area (Å²) in [6.45, 7) is 3.77. The number of benzene rings is 2. The van der Waals surface area contributed by atoms with E-state index in [4.69, 9.17) is 14.2 Å². The zero-order valence-electron chi connectivity index (χ0n) is 19.6. The van der Waals surface area contributed by atoms with E-state index < -0.39 is 5.97 Å². The Morgan fingerprint density at radius 3 is 2.60 bits per heavy atom. The summed E-state index contributed by atoms with van der Waals surface area (Å²) in [4.78, 5) is 24.7. The number of aromatic carboxylic acids is 1. The molecule has 4 rings (SSSR count). The summed E-state index contributed by atoms with van der Waals surface area (Å²) in [6, 6.07) is 12.8. The van der Waals surface area contributed by atoms with Crippen LogP contribution in [0.5, 0.6) is 17.5 Å². The summed E-state index contributed by atoms with van der Waals surface area (Å²) in [5.41, 5.74) is 1.71. The minimum Gasteiger partial charge on any atom is -0.494 e. The molecule has 6 bridgehead atoms. The van der Waals surface area contributed by atoms with Gasteiger partial charge in [0.15, 0.2) is 0 Å². The van der Waals surface area contributed by atoms with Crippen LogP contribution in [0.15, 0.2) is 42.5 Å². The van der Waals surface area contributed by atoms with E-state index in [1.165, 1.54) is 6.07 Å². The predicted octanol–water partition coefficient (Wildman–Crippen LogP) is 4.66. The Hall–Kier alpha value is -4.08. The van der Waals surface area contributed by atoms with Gasteiger partial charge < -0.3 is 30.0 Å². The molecular formula is C25H29N5O5. The van der Waals surface area contributed by atoms with Crippen LogP contribution < -0.4 is 24.8 Å². The fourth-order valence-electron chi connectivity index (χ4n) is 3.57. The van der Waals surface area contributed by atoms with Crippen molar-refractivity contribution in [1.29, 1.82) is 0 Å². The fourth-order valence-corrected chi connectivity index (χ4v) is 3.57. The van der Waals surface area contributed by atoms with Gasteiger partial charge in [-0.2, -0.15) is 15.0 Å². The number of ether oxygens (including phenoxy) is 3. The van der Waals surface area contributed by atoms with Gasteiger partial charge in [0.1, 0.15) is 17.1 Å². The number of fused-ring (bicyclic) bond motifs is 6. The zero-order valence-corrected chi connectivity index (χ0v) is 19.6. The number of carboxylic acids is 1. The highest BCUT2D eigenvalue weighted by atomic mass is 16.5. The first-order valence-corrected chi connectivity index (χ1v) is 11.7. The number of nitrogens with zero attached hydrogens (tertiary/aromatic N) is 3. The number of rotatable bonds is 3. The van der Waals surface area contributed by atoms with Crippen LogP contribution in [0.4, 0.5) is 17.6 Å². The fraction of sp³-hybridized carbons (Fsp3) is 0.360. The highest BCUT2D eigenvalue weighted by Gasteiger charge is 2.14. The Bertz CT molecular complexity index is 1160. The molecule has 2 heterocycles. The van der Waals surface area contributed by atoms with Crippen molar-refractivity contribution < 1.29 is 24.1 Å². The van der Waals surface area contributed by atoms with E-state index in [-0.39, 0.29) is 23.3 Å². The van der Waals surface area contributed by atoms with Crippen LogP contribution >= 0.6 is 0 Å². The van der Waals surface area contributed by atoms with Crippen molar-refractivity contribution in [2.75, 3.05) is 30.5 Å². The number of aromatic nitrogens is 3. The zero-order chi connectivity index (χ0) is 24.5. The van der Waals surface area contributed by atoms with E-state index in [1.54, 1.807) is 12.1 Å². The third kappa shape index (κ3) is 6.95. The molecule has 3 N–H and O–H groups in total. The van der Waals surface area contributed by atoms with Crippen LogP contribution in [0.25, 0.3) is 0 Å². The van der Waals surface area contributed by atoms with E-state index >= 15 is 0 Å². The molecule has 0 saturated carbocycles. The largest absolute Gasteiger partial charge is 0.494 e. The Balaban J connectivity index is 1.63. The molecule has 184 valence electrons. The SMILES string of the molecule is CCOc1nc2nc(n1)Nc1ccc(C(=O)O)c(c1)OCCCCCCOc1cccc(c1)CN2. The molecule has 35 heavy (non-hydrogen) atoms. The second-order valence-corrected chi connectivity index (χ2v) is 7.95. The van der Waals surface area contributed by atoms with E-state index in [1.807, 2.05) is 31.2 Å². The number of carboxylic acid groups (broad SMARTS) is 1. The second-order valence-electron chi connectivity index (χ2n) is 7.95. The van der Waals surface area contributed by atoms with Gasteiger partial charge >= 0.3 is 12.0 Å². The minimum absolute atomic E-state index is 0.0974. The van der Waals surface area contributed by atoms with Gasteiger partial charge in [-0.1, -0.05) is 12.1 Å². The number of hydrogen-bond acceptors (Lipinski definition) is 9. The van der Waals surface area contributed by atoms with Gasteiger partial charge in [0, 0.05) is 18.3 Å². The molecule has 0 amide bonds. The molecule has 10 nitrogen and oxygen atoms in total. The second kappa shape index (κ2) is 11.9. The Morgan fingerprint density at radius 1 is 1.00 bits per heavy atom. The minimum atomic E-state index is -1.05. The maximum absolute atomic E-state index is 11.7. The lowest BCUT2D eigenvalue weighted by Gasteiger charge is -2.14. The third-order valence-corrected chi connectivity index (χ3v) is 5.27. The van der Waals surface area contributed by atoms with Crippen LogP contribution in [0.3, 0.4) is 0 Å². The van der Waals surface area contributed by atoms with E-state index in [0.29, 0.717) is 38.0 Å². The van der Waals surface area contributed by atoms with Gasteiger partial charge in [0.05, 0.1) is 19.8 Å². The smallest absolute Gasteiger partial charge is 0.339 e. The number of nitrogens with one attached hydrogen (secondary N) is 2. The molecule has 0 saturated heterocycles. The van der Waals surface area contributed by atoms with Crippen molar-refractivity contribution in [1.82, 2.24) is 15.0 Å². The lowest BCUT2D eigenvalue weighted by Crippen LogP contribution is -2.10. The normalized spacial score (nSPS) is 14.3. The molecule has 1 aliphatic heterocycles. The van der Waals surface area contributed by atoms with Crippen molar-refractivity contribution >= 4 is 23.6 Å². The molecular weight excluding hydrogens is 450 g/mol. The molecule has 0 unspecified atom stereocenters. The van der Waals surface area contributed by atoms with Crippen LogP contribution in [0, 0.1) is 0 Å². The van der Waals surface area contributed by atoms with E-state index in [0.717, 1.165) is 37.0 Å². The highest BCUT2D eigenvalue weighted by Crippen LogP contribution is 2.26. The van der Waals surface area contributed by atoms with Crippen molar-refractivity contribution in [3.8, 4) is 17.5 Å². The average Bonchev–Trinajstić information content (AvgIpc) is 2.84. The summed E-state index contributed by atoms with van der Waals surface area (Å²) in [5.74, 6) is 0.648. The first-order chi connectivity index (χ1) is 17.1. The van der Waals surface area contributed by atoms with Crippen molar-refractivity contribution in [2.24, 2.45) is 0 Å². The summed E-state index contributed by atoms with van der Waals surface area (Å²) in [7, 11) is 0. The molecule has 0 atom stereocenters. The standard InChI is InChI=1S/C25H29N5O5/c1-2-33-25-29-23-26-16-17-8-7-9-19(14-17)34-12-5-3-4-6-13-35-21-15-18(27-24(28-23)30-25)10-11-20(21)22(31)32/h7-11,14-15H,2-6,12-13,16H2,1H3,(H,31,32)(H2,26,27,28,29,30). The quantitative estimate of drug-likeness (QED) is 0.488. The molecule has 0 fully saturated rings. The molecule has 10 heteroatoms. The average molecular weight is 480 g/mol. The van der Waals surface area contributed by atoms with Crippen molar-refractivity contribution in [3.63, 3.8) is 0 Å². The van der Waals surface area contributed by atoms with Gasteiger partial charge in [-0.25, -0.2) is 4.79 Å². The van der Waals surface area contributed by atoms with Crippen molar-refractivity contribution in [3.05, 3.63) is 53.6 Å². The highest BCUT2D eigenvalue weighted by molar-refractivity contribution is 5.91. The Kier molecular flexibility index (Phi) is 8.16. The van der Waals surface area contributed by atoms with Gasteiger partial charge in [-0.3, -0.25) is 0 Å². The summed E-state index contributed by atoms with van der Waals surface area (Å²) in [6.07, 6.45) is 3.70. The monoisotopic (exact) mass is 479 g/mol. The van der Waals surface area contributed by atoms with Crippen LogP contribution in [-0.4, -0.2) is 45.8 Å². The maximum Gasteiger partial charge on any atom is 0.339 e. The van der Waals surface area contributed by atoms with Gasteiger partial charge in [-0.05, 0) is 62.4 Å². The topological polar surface area (TPSA) is 128 Å². The van der Waals surface area contributed by atoms with Gasteiger partial charge in [-0.15, -0.1) is 0 Å². The van der Waals surface area contributed by atoms with Crippen LogP contribution in [0.2, 0.25) is 0 Å². The molecule has 1 aromatic heterocycles. The third-order valence-electron chi connectivity index (χ3n) is 5.27. The van der Waals surface area contributed by atoms with Crippen LogP contribution in [0.1, 0.15) is 48.5 Å². The summed E-state index contributed by atoms with van der Waals surface area (Å²) >= 11 is 0. The van der Waals surface area contributed by atoms with Crippen molar-refractivity contribution in [2.45, 2.75) is 39.2 Å². The Morgan fingerprint density at radius 2 is 1.80 bits per heavy atom. The first kappa shape index (κ1) is 24.1. The van der Waals surface area contributed by atoms with Gasteiger partial charge in [0.2, 0.25) is 11.9 Å². The predicted molar refractivity (Wildman–Crippen MR) is 131 cm³/mol. The first-order valence-electron chi connectivity index (χ1n) is 11.7. The molecule has 2 aromatic carbocycles. The molecule has 0 radical (unpaired) electrons. The number of hydrogen-bond donors (Lipinski definition) is 3. The molecule has 0 spiro atoms. The van der Waals surface area contributed by atoms with E-state index in [2.05, 4.69) is 25.6 Å². The summed E-state index contributed by atoms with van der Waals surface area (Å²) < 4.78 is 17.2. The van der Waals surface area contributed by atoms with Gasteiger partial charge in [0.25, 0.3) is 0 Å².